The number of anilines is 1. The Hall–Kier alpha value is -2.97. The fraction of sp³-hybridized carbons (Fsp3) is 0.0588. The summed E-state index contributed by atoms with van der Waals surface area (Å²) in [5.74, 6) is 0.0459. The average Bonchev–Trinajstić information content (AvgIpc) is 2.54. The van der Waals surface area contributed by atoms with E-state index in [2.05, 4.69) is 5.32 Å². The Bertz CT molecular complexity index is 792. The molecular formula is C17H13ClN2O3. The van der Waals surface area contributed by atoms with Crippen LogP contribution in [0, 0.1) is 11.3 Å². The highest BCUT2D eigenvalue weighted by Crippen LogP contribution is 2.27. The maximum atomic E-state index is 12.2. The van der Waals surface area contributed by atoms with Crippen molar-refractivity contribution in [3.63, 3.8) is 0 Å². The molecule has 0 bridgehead atoms. The molecule has 23 heavy (non-hydrogen) atoms. The van der Waals surface area contributed by atoms with Gasteiger partial charge in [0, 0.05) is 5.69 Å². The van der Waals surface area contributed by atoms with Crippen molar-refractivity contribution in [3.05, 3.63) is 58.6 Å². The SMILES string of the molecule is COc1ccc(NC(=O)/C(C#N)=C/c2ccc(O)cc2)cc1Cl. The summed E-state index contributed by atoms with van der Waals surface area (Å²) >= 11 is 5.99. The van der Waals surface area contributed by atoms with Crippen LogP contribution in [0.1, 0.15) is 5.56 Å². The molecule has 1 amide bonds. The van der Waals surface area contributed by atoms with Crippen LogP contribution >= 0.6 is 11.6 Å². The molecule has 0 heterocycles. The summed E-state index contributed by atoms with van der Waals surface area (Å²) < 4.78 is 5.03. The van der Waals surface area contributed by atoms with E-state index in [1.807, 2.05) is 6.07 Å². The third kappa shape index (κ3) is 4.25. The Kier molecular flexibility index (Phi) is 5.23. The zero-order valence-electron chi connectivity index (χ0n) is 12.2. The molecule has 5 nitrogen and oxygen atoms in total. The van der Waals surface area contributed by atoms with Crippen molar-refractivity contribution in [1.82, 2.24) is 0 Å². The normalized spacial score (nSPS) is 10.7. The van der Waals surface area contributed by atoms with E-state index in [9.17, 15) is 9.90 Å². The third-order valence-corrected chi connectivity index (χ3v) is 3.27. The number of nitrogens with one attached hydrogen (secondary N) is 1. The minimum absolute atomic E-state index is 0.0670. The van der Waals surface area contributed by atoms with Crippen LogP contribution < -0.4 is 10.1 Å². The number of ether oxygens (including phenoxy) is 1. The van der Waals surface area contributed by atoms with Crippen molar-refractivity contribution < 1.29 is 14.6 Å². The van der Waals surface area contributed by atoms with E-state index < -0.39 is 5.91 Å². The fourth-order valence-corrected chi connectivity index (χ4v) is 2.09. The third-order valence-electron chi connectivity index (χ3n) is 2.98. The van der Waals surface area contributed by atoms with Gasteiger partial charge in [0.2, 0.25) is 0 Å². The molecule has 0 saturated heterocycles. The van der Waals surface area contributed by atoms with Crippen LogP contribution in [0.5, 0.6) is 11.5 Å². The molecule has 6 heteroatoms. The highest BCUT2D eigenvalue weighted by atomic mass is 35.5. The van der Waals surface area contributed by atoms with Crippen LogP contribution in [0.3, 0.4) is 0 Å². The smallest absolute Gasteiger partial charge is 0.266 e. The van der Waals surface area contributed by atoms with Gasteiger partial charge in [0.25, 0.3) is 5.91 Å². The lowest BCUT2D eigenvalue weighted by molar-refractivity contribution is -0.112. The average molecular weight is 329 g/mol. The minimum Gasteiger partial charge on any atom is -0.508 e. The molecule has 0 aliphatic rings. The first-order valence-corrected chi connectivity index (χ1v) is 6.97. The molecule has 0 unspecified atom stereocenters. The molecule has 116 valence electrons. The van der Waals surface area contributed by atoms with Gasteiger partial charge in [-0.2, -0.15) is 5.26 Å². The maximum absolute atomic E-state index is 12.2. The lowest BCUT2D eigenvalue weighted by atomic mass is 10.1. The van der Waals surface area contributed by atoms with Crippen molar-refractivity contribution >= 4 is 29.3 Å². The standard InChI is InChI=1S/C17H13ClN2O3/c1-23-16-7-4-13(9-15(16)18)20-17(22)12(10-19)8-11-2-5-14(21)6-3-11/h2-9,21H,1H3,(H,20,22)/b12-8+. The first kappa shape index (κ1) is 16.4. The van der Waals surface area contributed by atoms with E-state index in [1.165, 1.54) is 31.4 Å². The van der Waals surface area contributed by atoms with E-state index in [1.54, 1.807) is 24.3 Å². The second kappa shape index (κ2) is 7.34. The maximum Gasteiger partial charge on any atom is 0.266 e. The molecule has 0 radical (unpaired) electrons. The number of amides is 1. The number of hydrogen-bond donors (Lipinski definition) is 2. The summed E-state index contributed by atoms with van der Waals surface area (Å²) in [4.78, 5) is 12.2. The van der Waals surface area contributed by atoms with Gasteiger partial charge in [-0.05, 0) is 42.0 Å². The van der Waals surface area contributed by atoms with Crippen molar-refractivity contribution in [2.24, 2.45) is 0 Å². The topological polar surface area (TPSA) is 82.3 Å². The van der Waals surface area contributed by atoms with Gasteiger partial charge in [-0.15, -0.1) is 0 Å². The first-order chi connectivity index (χ1) is 11.0. The monoisotopic (exact) mass is 328 g/mol. The molecule has 2 N–H and O–H groups in total. The molecule has 0 aromatic heterocycles. The number of methoxy groups -OCH3 is 1. The predicted molar refractivity (Wildman–Crippen MR) is 88.3 cm³/mol. The molecule has 2 aromatic rings. The Labute approximate surface area is 138 Å². The van der Waals surface area contributed by atoms with Crippen LogP contribution in [0.2, 0.25) is 5.02 Å². The molecule has 0 spiro atoms. The minimum atomic E-state index is -0.554. The lowest BCUT2D eigenvalue weighted by Gasteiger charge is -2.07. The van der Waals surface area contributed by atoms with Gasteiger partial charge in [0.05, 0.1) is 12.1 Å². The molecular weight excluding hydrogens is 316 g/mol. The Morgan fingerprint density at radius 3 is 2.57 bits per heavy atom. The van der Waals surface area contributed by atoms with Crippen LogP contribution in [0.25, 0.3) is 6.08 Å². The van der Waals surface area contributed by atoms with E-state index >= 15 is 0 Å². The highest BCUT2D eigenvalue weighted by Gasteiger charge is 2.11. The number of carbonyl (C=O) groups excluding carboxylic acids is 1. The Morgan fingerprint density at radius 2 is 2.00 bits per heavy atom. The van der Waals surface area contributed by atoms with Crippen LogP contribution in [0.15, 0.2) is 48.0 Å². The van der Waals surface area contributed by atoms with Gasteiger partial charge in [-0.3, -0.25) is 4.79 Å². The van der Waals surface area contributed by atoms with Gasteiger partial charge in [0.15, 0.2) is 0 Å². The second-order valence-corrected chi connectivity index (χ2v) is 4.97. The summed E-state index contributed by atoms with van der Waals surface area (Å²) in [5, 5.41) is 21.3. The molecule has 2 rings (SSSR count). The number of phenols is 1. The Balaban J connectivity index is 2.19. The molecule has 0 fully saturated rings. The number of nitriles is 1. The number of carbonyl (C=O) groups is 1. The Morgan fingerprint density at radius 1 is 1.30 bits per heavy atom. The highest BCUT2D eigenvalue weighted by molar-refractivity contribution is 6.32. The summed E-state index contributed by atoms with van der Waals surface area (Å²) in [7, 11) is 1.49. The van der Waals surface area contributed by atoms with Gasteiger partial charge in [0.1, 0.15) is 23.1 Å². The molecule has 2 aromatic carbocycles. The molecule has 0 aliphatic heterocycles. The summed E-state index contributed by atoms with van der Waals surface area (Å²) in [6, 6.07) is 12.8. The van der Waals surface area contributed by atoms with Gasteiger partial charge in [-0.1, -0.05) is 23.7 Å². The van der Waals surface area contributed by atoms with Gasteiger partial charge >= 0.3 is 0 Å². The number of halogens is 1. The summed E-state index contributed by atoms with van der Waals surface area (Å²) in [6.45, 7) is 0. The zero-order chi connectivity index (χ0) is 16.8. The van der Waals surface area contributed by atoms with E-state index in [0.29, 0.717) is 22.0 Å². The number of aromatic hydroxyl groups is 1. The van der Waals surface area contributed by atoms with Crippen molar-refractivity contribution in [3.8, 4) is 17.6 Å². The second-order valence-electron chi connectivity index (χ2n) is 4.56. The number of hydrogen-bond acceptors (Lipinski definition) is 4. The largest absolute Gasteiger partial charge is 0.508 e. The summed E-state index contributed by atoms with van der Waals surface area (Å²) in [6.07, 6.45) is 1.43. The van der Waals surface area contributed by atoms with E-state index in [-0.39, 0.29) is 11.3 Å². The van der Waals surface area contributed by atoms with Crippen molar-refractivity contribution in [2.75, 3.05) is 12.4 Å². The zero-order valence-corrected chi connectivity index (χ0v) is 13.0. The first-order valence-electron chi connectivity index (χ1n) is 6.59. The van der Waals surface area contributed by atoms with Crippen molar-refractivity contribution in [1.29, 1.82) is 5.26 Å². The molecule has 0 atom stereocenters. The van der Waals surface area contributed by atoms with Crippen LogP contribution in [0.4, 0.5) is 5.69 Å². The molecule has 0 aliphatic carbocycles. The predicted octanol–water partition coefficient (Wildman–Crippen LogP) is 3.60. The molecule has 0 saturated carbocycles. The number of nitrogens with zero attached hydrogens (tertiary/aromatic N) is 1. The van der Waals surface area contributed by atoms with Gasteiger partial charge in [-0.25, -0.2) is 0 Å². The quantitative estimate of drug-likeness (QED) is 0.663. The fourth-order valence-electron chi connectivity index (χ4n) is 1.83. The van der Waals surface area contributed by atoms with Crippen LogP contribution in [-0.2, 0) is 4.79 Å². The van der Waals surface area contributed by atoms with Crippen LogP contribution in [-0.4, -0.2) is 18.1 Å². The number of phenolic OH excluding ortho intramolecular Hbond substituents is 1. The number of rotatable bonds is 4. The lowest BCUT2D eigenvalue weighted by Crippen LogP contribution is -2.13. The van der Waals surface area contributed by atoms with E-state index in [0.717, 1.165) is 0 Å². The van der Waals surface area contributed by atoms with E-state index in [4.69, 9.17) is 21.6 Å². The summed E-state index contributed by atoms with van der Waals surface area (Å²) in [5.41, 5.74) is 1.01. The van der Waals surface area contributed by atoms with Crippen molar-refractivity contribution in [2.45, 2.75) is 0 Å². The van der Waals surface area contributed by atoms with Gasteiger partial charge < -0.3 is 15.2 Å². The number of benzene rings is 2.